The van der Waals surface area contributed by atoms with Gasteiger partial charge in [0.25, 0.3) is 7.82 Å². The van der Waals surface area contributed by atoms with Crippen molar-refractivity contribution in [2.24, 2.45) is 0 Å². The number of hydrogen-bond acceptors (Lipinski definition) is 6. The maximum absolute atomic E-state index is 13.0. The number of unbranched alkanes of at least 4 members (excludes halogenated alkanes) is 46. The predicted molar refractivity (Wildman–Crippen MR) is 303 cm³/mol. The van der Waals surface area contributed by atoms with Gasteiger partial charge in [0.2, 0.25) is 5.91 Å². The Morgan fingerprint density at radius 3 is 0.971 bits per heavy atom. The molecule has 420 valence electrons. The van der Waals surface area contributed by atoms with E-state index in [4.69, 9.17) is 9.05 Å². The van der Waals surface area contributed by atoms with E-state index in [1.54, 1.807) is 0 Å². The van der Waals surface area contributed by atoms with Crippen LogP contribution in [-0.2, 0) is 18.4 Å². The molecular formula is C61H125N2O6P. The van der Waals surface area contributed by atoms with E-state index in [0.29, 0.717) is 23.9 Å². The minimum absolute atomic E-state index is 0.0166. The van der Waals surface area contributed by atoms with Crippen LogP contribution < -0.4 is 10.2 Å². The molecule has 0 rings (SSSR count). The summed E-state index contributed by atoms with van der Waals surface area (Å²) in [6.07, 6.45) is 64.5. The molecular weight excluding hydrogens is 888 g/mol. The Bertz CT molecular complexity index is 1100. The molecule has 3 atom stereocenters. The lowest BCUT2D eigenvalue weighted by Crippen LogP contribution is -2.46. The molecule has 1 amide bonds. The van der Waals surface area contributed by atoms with E-state index in [2.05, 4.69) is 19.2 Å². The van der Waals surface area contributed by atoms with Crippen molar-refractivity contribution in [1.82, 2.24) is 5.32 Å². The maximum atomic E-state index is 13.0. The molecule has 0 spiro atoms. The first-order valence-electron chi connectivity index (χ1n) is 31.4. The number of amides is 1. The van der Waals surface area contributed by atoms with Gasteiger partial charge in [0.15, 0.2) is 0 Å². The quantitative estimate of drug-likeness (QED) is 0.0357. The van der Waals surface area contributed by atoms with Crippen molar-refractivity contribution in [1.29, 1.82) is 0 Å². The molecule has 9 heteroatoms. The second-order valence-electron chi connectivity index (χ2n) is 23.1. The zero-order valence-corrected chi connectivity index (χ0v) is 48.9. The fourth-order valence-electron chi connectivity index (χ4n) is 9.93. The largest absolute Gasteiger partial charge is 0.756 e. The maximum Gasteiger partial charge on any atom is 0.268 e. The van der Waals surface area contributed by atoms with Crippen LogP contribution in [0.25, 0.3) is 0 Å². The van der Waals surface area contributed by atoms with Crippen LogP contribution in [-0.4, -0.2) is 68.5 Å². The van der Waals surface area contributed by atoms with Gasteiger partial charge in [-0.1, -0.05) is 316 Å². The van der Waals surface area contributed by atoms with Gasteiger partial charge in [0.05, 0.1) is 39.9 Å². The van der Waals surface area contributed by atoms with Gasteiger partial charge in [-0.3, -0.25) is 9.36 Å². The summed E-state index contributed by atoms with van der Waals surface area (Å²) in [7, 11) is 1.33. The van der Waals surface area contributed by atoms with Gasteiger partial charge in [-0.25, -0.2) is 0 Å². The average molecular weight is 1010 g/mol. The smallest absolute Gasteiger partial charge is 0.268 e. The standard InChI is InChI=1S/C61H125N2O6P/c1-6-8-10-12-14-16-18-20-22-23-24-25-26-27-28-29-30-31-32-33-34-35-36-37-38-39-41-43-45-47-49-51-53-55-61(65)62-59(58-69-70(66,67)68-57-56-63(3,4)5)60(64)54-52-50-48-46-44-42-40-21-19-17-15-13-11-9-7-2/h59-60,64H,6-58H2,1-5H3,(H-,62,65,66,67). The number of aliphatic hydroxyl groups excluding tert-OH is 1. The van der Waals surface area contributed by atoms with Gasteiger partial charge in [-0.15, -0.1) is 0 Å². The first-order chi connectivity index (χ1) is 34.0. The molecule has 0 aliphatic heterocycles. The average Bonchev–Trinajstić information content (AvgIpc) is 3.32. The van der Waals surface area contributed by atoms with E-state index in [1.807, 2.05) is 21.1 Å². The number of carbonyl (C=O) groups excluding carboxylic acids is 1. The number of carbonyl (C=O) groups is 1. The number of nitrogens with zero attached hydrogens (tertiary/aromatic N) is 1. The fraction of sp³-hybridized carbons (Fsp3) is 0.984. The number of likely N-dealkylation sites (N-methyl/N-ethyl adjacent to an activating group) is 1. The number of quaternary nitrogens is 1. The molecule has 0 saturated heterocycles. The Morgan fingerprint density at radius 2 is 0.700 bits per heavy atom. The summed E-state index contributed by atoms with van der Waals surface area (Å²) in [5, 5.41) is 14.0. The number of aliphatic hydroxyl groups is 1. The molecule has 0 aromatic rings. The first kappa shape index (κ1) is 69.5. The third-order valence-electron chi connectivity index (χ3n) is 14.8. The Kier molecular flexibility index (Phi) is 52.9. The molecule has 0 fully saturated rings. The van der Waals surface area contributed by atoms with E-state index < -0.39 is 20.0 Å². The number of hydrogen-bond donors (Lipinski definition) is 2. The van der Waals surface area contributed by atoms with Gasteiger partial charge in [-0.2, -0.15) is 0 Å². The van der Waals surface area contributed by atoms with Crippen LogP contribution in [0.3, 0.4) is 0 Å². The van der Waals surface area contributed by atoms with E-state index in [0.717, 1.165) is 38.5 Å². The van der Waals surface area contributed by atoms with Crippen LogP contribution in [0.15, 0.2) is 0 Å². The monoisotopic (exact) mass is 1010 g/mol. The second-order valence-corrected chi connectivity index (χ2v) is 24.5. The lowest BCUT2D eigenvalue weighted by Gasteiger charge is -2.30. The molecule has 2 N–H and O–H groups in total. The highest BCUT2D eigenvalue weighted by Crippen LogP contribution is 2.38. The van der Waals surface area contributed by atoms with Crippen LogP contribution in [0.5, 0.6) is 0 Å². The Hall–Kier alpha value is -0.500. The topological polar surface area (TPSA) is 108 Å². The summed E-state index contributed by atoms with van der Waals surface area (Å²) >= 11 is 0. The van der Waals surface area contributed by atoms with Crippen molar-refractivity contribution in [2.75, 3.05) is 40.9 Å². The number of rotatable bonds is 59. The predicted octanol–water partition coefficient (Wildman–Crippen LogP) is 18.6. The van der Waals surface area contributed by atoms with Crippen molar-refractivity contribution in [3.63, 3.8) is 0 Å². The van der Waals surface area contributed by atoms with Gasteiger partial charge in [0.1, 0.15) is 13.2 Å². The minimum Gasteiger partial charge on any atom is -0.756 e. The molecule has 3 unspecified atom stereocenters. The van der Waals surface area contributed by atoms with Gasteiger partial charge in [0, 0.05) is 6.42 Å². The lowest BCUT2D eigenvalue weighted by molar-refractivity contribution is -0.870. The lowest BCUT2D eigenvalue weighted by atomic mass is 10.0. The van der Waals surface area contributed by atoms with E-state index in [-0.39, 0.29) is 19.1 Å². The Balaban J connectivity index is 3.92. The summed E-state index contributed by atoms with van der Waals surface area (Å²) in [5.41, 5.74) is 0. The molecule has 0 heterocycles. The van der Waals surface area contributed by atoms with Crippen LogP contribution >= 0.6 is 7.82 Å². The zero-order valence-electron chi connectivity index (χ0n) is 48.0. The van der Waals surface area contributed by atoms with Crippen molar-refractivity contribution in [3.05, 3.63) is 0 Å². The number of phosphoric ester groups is 1. The van der Waals surface area contributed by atoms with E-state index in [9.17, 15) is 19.4 Å². The summed E-state index contributed by atoms with van der Waals surface area (Å²) < 4.78 is 23.4. The highest BCUT2D eigenvalue weighted by molar-refractivity contribution is 7.45. The Labute approximate surface area is 438 Å². The third kappa shape index (κ3) is 55.3. The van der Waals surface area contributed by atoms with Crippen LogP contribution in [0.1, 0.15) is 335 Å². The van der Waals surface area contributed by atoms with E-state index in [1.165, 1.54) is 270 Å². The van der Waals surface area contributed by atoms with Crippen LogP contribution in [0.2, 0.25) is 0 Å². The summed E-state index contributed by atoms with van der Waals surface area (Å²) in [6.45, 7) is 4.78. The van der Waals surface area contributed by atoms with Crippen molar-refractivity contribution >= 4 is 13.7 Å². The van der Waals surface area contributed by atoms with Gasteiger partial charge in [-0.05, 0) is 12.8 Å². The van der Waals surface area contributed by atoms with Crippen molar-refractivity contribution in [2.45, 2.75) is 347 Å². The second kappa shape index (κ2) is 53.3. The molecule has 0 aromatic heterocycles. The molecule has 0 bridgehead atoms. The minimum atomic E-state index is -4.57. The van der Waals surface area contributed by atoms with Crippen LogP contribution in [0.4, 0.5) is 0 Å². The summed E-state index contributed by atoms with van der Waals surface area (Å²) in [5.74, 6) is -0.156. The highest BCUT2D eigenvalue weighted by Gasteiger charge is 2.24. The van der Waals surface area contributed by atoms with Crippen molar-refractivity contribution in [3.8, 4) is 0 Å². The zero-order chi connectivity index (χ0) is 51.3. The highest BCUT2D eigenvalue weighted by atomic mass is 31.2. The number of phosphoric acid groups is 1. The van der Waals surface area contributed by atoms with Crippen LogP contribution in [0, 0.1) is 0 Å². The first-order valence-corrected chi connectivity index (χ1v) is 32.8. The molecule has 0 aromatic carbocycles. The summed E-state index contributed by atoms with van der Waals surface area (Å²) in [4.78, 5) is 25.5. The molecule has 8 nitrogen and oxygen atoms in total. The Morgan fingerprint density at radius 1 is 0.443 bits per heavy atom. The fourth-order valence-corrected chi connectivity index (χ4v) is 10.7. The van der Waals surface area contributed by atoms with Crippen molar-refractivity contribution < 1.29 is 32.9 Å². The third-order valence-corrected chi connectivity index (χ3v) is 15.8. The normalized spacial score (nSPS) is 13.8. The molecule has 70 heavy (non-hydrogen) atoms. The number of nitrogens with one attached hydrogen (secondary N) is 1. The molecule has 0 radical (unpaired) electrons. The molecule has 0 aliphatic carbocycles. The molecule has 0 aliphatic rings. The van der Waals surface area contributed by atoms with Gasteiger partial charge < -0.3 is 28.8 Å². The summed E-state index contributed by atoms with van der Waals surface area (Å²) in [6, 6.07) is -0.795. The SMILES string of the molecule is CCCCCCCCCCCCCCCCCCCCCCCCCCCCCCCCCCCC(=O)NC(COP(=O)([O-])OCC[N+](C)(C)C)C(O)CCCCCCCCCCCCCCCCC. The molecule has 0 saturated carbocycles. The van der Waals surface area contributed by atoms with Gasteiger partial charge >= 0.3 is 0 Å². The van der Waals surface area contributed by atoms with E-state index >= 15 is 0 Å².